The van der Waals surface area contributed by atoms with Gasteiger partial charge in [-0.15, -0.1) is 0 Å². The van der Waals surface area contributed by atoms with Crippen molar-refractivity contribution in [2.75, 3.05) is 20.5 Å². The molecule has 0 saturated carbocycles. The number of hydrogen-bond donors (Lipinski definition) is 2. The van der Waals surface area contributed by atoms with Crippen molar-refractivity contribution in [3.8, 4) is 23.0 Å². The number of phenolic OH excluding ortho intramolecular Hbond substituents is 1. The zero-order valence-electron chi connectivity index (χ0n) is 14.9. The molecule has 0 aromatic heterocycles. The van der Waals surface area contributed by atoms with Crippen molar-refractivity contribution in [3.63, 3.8) is 0 Å². The summed E-state index contributed by atoms with van der Waals surface area (Å²) in [5.74, 6) is -0.213. The van der Waals surface area contributed by atoms with Crippen LogP contribution < -0.4 is 19.5 Å². The number of ether oxygens (including phenoxy) is 4. The van der Waals surface area contributed by atoms with Crippen LogP contribution in [0.1, 0.15) is 28.9 Å². The van der Waals surface area contributed by atoms with Crippen molar-refractivity contribution in [1.82, 2.24) is 5.32 Å². The summed E-state index contributed by atoms with van der Waals surface area (Å²) < 4.78 is 20.5. The second-order valence-electron chi connectivity index (χ2n) is 5.83. The Kier molecular flexibility index (Phi) is 5.35. The highest BCUT2D eigenvalue weighted by Gasteiger charge is 2.19. The van der Waals surface area contributed by atoms with Gasteiger partial charge in [-0.25, -0.2) is 4.79 Å². The zero-order chi connectivity index (χ0) is 19.4. The molecule has 0 radical (unpaired) electrons. The maximum Gasteiger partial charge on any atom is 0.342 e. The van der Waals surface area contributed by atoms with E-state index in [-0.39, 0.29) is 29.9 Å². The molecule has 0 saturated heterocycles. The lowest BCUT2D eigenvalue weighted by Gasteiger charge is -2.15. The van der Waals surface area contributed by atoms with Crippen LogP contribution in [0.25, 0.3) is 0 Å². The van der Waals surface area contributed by atoms with Gasteiger partial charge in [0, 0.05) is 0 Å². The summed E-state index contributed by atoms with van der Waals surface area (Å²) >= 11 is 0. The van der Waals surface area contributed by atoms with Crippen LogP contribution >= 0.6 is 0 Å². The van der Waals surface area contributed by atoms with Gasteiger partial charge in [0.2, 0.25) is 6.79 Å². The molecule has 1 aliphatic rings. The van der Waals surface area contributed by atoms with E-state index in [4.69, 9.17) is 18.9 Å². The summed E-state index contributed by atoms with van der Waals surface area (Å²) in [7, 11) is 1.37. The minimum absolute atomic E-state index is 0.0778. The van der Waals surface area contributed by atoms with Crippen molar-refractivity contribution in [2.24, 2.45) is 0 Å². The Labute approximate surface area is 155 Å². The lowest BCUT2D eigenvalue weighted by Crippen LogP contribution is -2.31. The molecule has 142 valence electrons. The minimum atomic E-state index is -0.822. The highest BCUT2D eigenvalue weighted by molar-refractivity contribution is 5.94. The van der Waals surface area contributed by atoms with Crippen molar-refractivity contribution >= 4 is 11.9 Å². The van der Waals surface area contributed by atoms with E-state index in [0.29, 0.717) is 11.5 Å². The van der Waals surface area contributed by atoms with Crippen LogP contribution in [0.15, 0.2) is 36.4 Å². The van der Waals surface area contributed by atoms with Crippen LogP contribution in [0.2, 0.25) is 0 Å². The number of fused-ring (bicyclic) bond motifs is 1. The molecule has 0 spiro atoms. The average molecular weight is 373 g/mol. The van der Waals surface area contributed by atoms with Crippen LogP contribution in [0.4, 0.5) is 0 Å². The SMILES string of the molecule is COc1cccc(C(=O)OCC(=O)NC(C)c2ccc3c(c2)OCO3)c1O. The first-order valence-electron chi connectivity index (χ1n) is 8.21. The monoisotopic (exact) mass is 373 g/mol. The van der Waals surface area contributed by atoms with E-state index in [2.05, 4.69) is 5.32 Å². The molecule has 2 aromatic carbocycles. The molecule has 2 aromatic rings. The van der Waals surface area contributed by atoms with Crippen LogP contribution in [0, 0.1) is 0 Å². The van der Waals surface area contributed by atoms with Gasteiger partial charge in [-0.1, -0.05) is 12.1 Å². The van der Waals surface area contributed by atoms with Gasteiger partial charge in [0.1, 0.15) is 5.56 Å². The topological polar surface area (TPSA) is 103 Å². The van der Waals surface area contributed by atoms with Gasteiger partial charge < -0.3 is 29.4 Å². The number of carbonyl (C=O) groups is 2. The molecular formula is C19H19NO7. The fourth-order valence-electron chi connectivity index (χ4n) is 2.61. The van der Waals surface area contributed by atoms with Crippen molar-refractivity contribution < 1.29 is 33.6 Å². The Balaban J connectivity index is 1.56. The van der Waals surface area contributed by atoms with E-state index in [1.54, 1.807) is 19.1 Å². The second-order valence-corrected chi connectivity index (χ2v) is 5.83. The fraction of sp³-hybridized carbons (Fsp3) is 0.263. The number of nitrogens with one attached hydrogen (secondary N) is 1. The molecule has 8 heteroatoms. The number of benzene rings is 2. The molecule has 1 aliphatic heterocycles. The molecule has 3 rings (SSSR count). The number of aromatic hydroxyl groups is 1. The van der Waals surface area contributed by atoms with Gasteiger partial charge in [-0.05, 0) is 36.8 Å². The van der Waals surface area contributed by atoms with Gasteiger partial charge in [0.15, 0.2) is 29.6 Å². The molecule has 2 N–H and O–H groups in total. The highest BCUT2D eigenvalue weighted by Crippen LogP contribution is 2.34. The quantitative estimate of drug-likeness (QED) is 0.748. The Bertz CT molecular complexity index is 865. The molecule has 1 amide bonds. The predicted molar refractivity (Wildman–Crippen MR) is 94.1 cm³/mol. The largest absolute Gasteiger partial charge is 0.504 e. The van der Waals surface area contributed by atoms with E-state index in [1.807, 2.05) is 6.07 Å². The standard InChI is InChI=1S/C19H19NO7/c1-11(12-6-7-14-16(8-12)27-10-26-14)20-17(21)9-25-19(23)13-4-3-5-15(24-2)18(13)22/h3-8,11,22H,9-10H2,1-2H3,(H,20,21). The Morgan fingerprint density at radius 1 is 1.22 bits per heavy atom. The summed E-state index contributed by atoms with van der Waals surface area (Å²) in [4.78, 5) is 24.1. The smallest absolute Gasteiger partial charge is 0.342 e. The molecule has 0 aliphatic carbocycles. The number of rotatable bonds is 6. The molecule has 0 fully saturated rings. The summed E-state index contributed by atoms with van der Waals surface area (Å²) in [5.41, 5.74) is 0.746. The van der Waals surface area contributed by atoms with Gasteiger partial charge in [0.25, 0.3) is 5.91 Å². The third-order valence-corrected chi connectivity index (χ3v) is 4.05. The lowest BCUT2D eigenvalue weighted by molar-refractivity contribution is -0.124. The number of para-hydroxylation sites is 1. The van der Waals surface area contributed by atoms with E-state index >= 15 is 0 Å². The number of methoxy groups -OCH3 is 1. The third kappa shape index (κ3) is 4.05. The average Bonchev–Trinajstić information content (AvgIpc) is 3.14. The van der Waals surface area contributed by atoms with Crippen LogP contribution in [0.3, 0.4) is 0 Å². The summed E-state index contributed by atoms with van der Waals surface area (Å²) in [5, 5.41) is 12.7. The van der Waals surface area contributed by atoms with E-state index < -0.39 is 18.5 Å². The van der Waals surface area contributed by atoms with Gasteiger partial charge >= 0.3 is 5.97 Å². The maximum absolute atomic E-state index is 12.1. The normalized spacial score (nSPS) is 13.0. The lowest BCUT2D eigenvalue weighted by atomic mass is 10.1. The van der Waals surface area contributed by atoms with Crippen molar-refractivity contribution in [1.29, 1.82) is 0 Å². The summed E-state index contributed by atoms with van der Waals surface area (Å²) in [6.45, 7) is 1.49. The maximum atomic E-state index is 12.1. The van der Waals surface area contributed by atoms with Crippen molar-refractivity contribution in [2.45, 2.75) is 13.0 Å². The molecule has 1 atom stereocenters. The van der Waals surface area contributed by atoms with Crippen LogP contribution in [0.5, 0.6) is 23.0 Å². The summed E-state index contributed by atoms with van der Waals surface area (Å²) in [6.07, 6.45) is 0. The first-order valence-corrected chi connectivity index (χ1v) is 8.21. The van der Waals surface area contributed by atoms with Gasteiger partial charge in [0.05, 0.1) is 13.2 Å². The molecular weight excluding hydrogens is 354 g/mol. The molecule has 27 heavy (non-hydrogen) atoms. The second kappa shape index (κ2) is 7.86. The number of amides is 1. The Morgan fingerprint density at radius 2 is 2.00 bits per heavy atom. The number of phenols is 1. The van der Waals surface area contributed by atoms with Crippen LogP contribution in [-0.2, 0) is 9.53 Å². The number of esters is 1. The van der Waals surface area contributed by atoms with Crippen molar-refractivity contribution in [3.05, 3.63) is 47.5 Å². The minimum Gasteiger partial charge on any atom is -0.504 e. The number of carbonyl (C=O) groups excluding carboxylic acids is 2. The molecule has 1 heterocycles. The first-order chi connectivity index (χ1) is 13.0. The van der Waals surface area contributed by atoms with E-state index in [1.165, 1.54) is 25.3 Å². The van der Waals surface area contributed by atoms with Gasteiger partial charge in [-0.3, -0.25) is 4.79 Å². The zero-order valence-corrected chi connectivity index (χ0v) is 14.9. The summed E-state index contributed by atoms with van der Waals surface area (Å²) in [6, 6.07) is 9.48. The Morgan fingerprint density at radius 3 is 2.78 bits per heavy atom. The Hall–Kier alpha value is -3.42. The van der Waals surface area contributed by atoms with Gasteiger partial charge in [-0.2, -0.15) is 0 Å². The highest BCUT2D eigenvalue weighted by atomic mass is 16.7. The first kappa shape index (κ1) is 18.4. The predicted octanol–water partition coefficient (Wildman–Crippen LogP) is 2.16. The molecule has 0 bridgehead atoms. The third-order valence-electron chi connectivity index (χ3n) is 4.05. The van der Waals surface area contributed by atoms with Crippen LogP contribution in [-0.4, -0.2) is 37.5 Å². The fourth-order valence-corrected chi connectivity index (χ4v) is 2.61. The van der Waals surface area contributed by atoms with E-state index in [0.717, 1.165) is 5.56 Å². The number of hydrogen-bond acceptors (Lipinski definition) is 7. The molecule has 1 unspecified atom stereocenters. The molecule has 8 nitrogen and oxygen atoms in total. The van der Waals surface area contributed by atoms with E-state index in [9.17, 15) is 14.7 Å².